The summed E-state index contributed by atoms with van der Waals surface area (Å²) >= 11 is 0. The number of amides is 1. The largest absolute Gasteiger partial charge is 0.444 e. The van der Waals surface area contributed by atoms with E-state index in [0.717, 1.165) is 0 Å². The first kappa shape index (κ1) is 14.8. The molecule has 1 atom stereocenters. The van der Waals surface area contributed by atoms with Crippen LogP contribution < -0.4 is 4.72 Å². The van der Waals surface area contributed by atoms with Crippen LogP contribution in [-0.2, 0) is 14.8 Å². The Balaban J connectivity index is 1.93. The molecule has 0 aliphatic carbocycles. The Morgan fingerprint density at radius 2 is 2.15 bits per heavy atom. The Bertz CT molecular complexity index is 590. The Hall–Kier alpha value is -1.61. The Labute approximate surface area is 117 Å². The summed E-state index contributed by atoms with van der Waals surface area (Å²) < 4.78 is 36.6. The van der Waals surface area contributed by atoms with Crippen LogP contribution >= 0.6 is 0 Å². The van der Waals surface area contributed by atoms with Crippen LogP contribution in [0.15, 0.2) is 9.42 Å². The van der Waals surface area contributed by atoms with Gasteiger partial charge >= 0.3 is 6.09 Å². The number of carbonyl (C=O) groups excluding carboxylic acids is 1. The third kappa shape index (κ3) is 2.93. The molecule has 2 heterocycles. The van der Waals surface area contributed by atoms with Gasteiger partial charge in [0, 0.05) is 13.6 Å². The van der Waals surface area contributed by atoms with Crippen LogP contribution in [0.1, 0.15) is 17.9 Å². The third-order valence-corrected chi connectivity index (χ3v) is 4.76. The standard InChI is InChI=1S/C11H17N3O5S/c1-7-10(8(2)19-13-7)20(16,17)12-5-4-9-6-14(3)11(15)18-9/h9,12H,4-6H2,1-3H3. The third-order valence-electron chi connectivity index (χ3n) is 3.05. The summed E-state index contributed by atoms with van der Waals surface area (Å²) in [7, 11) is -2.02. The van der Waals surface area contributed by atoms with Crippen molar-refractivity contribution < 1.29 is 22.5 Å². The van der Waals surface area contributed by atoms with Crippen LogP contribution in [0.3, 0.4) is 0 Å². The molecule has 0 saturated carbocycles. The van der Waals surface area contributed by atoms with Gasteiger partial charge in [-0.3, -0.25) is 0 Å². The van der Waals surface area contributed by atoms with Crippen LogP contribution in [0.5, 0.6) is 0 Å². The SMILES string of the molecule is Cc1noc(C)c1S(=O)(=O)NCCC1CN(C)C(=O)O1. The molecule has 0 radical (unpaired) electrons. The van der Waals surface area contributed by atoms with Crippen molar-refractivity contribution in [2.75, 3.05) is 20.1 Å². The zero-order valence-corrected chi connectivity index (χ0v) is 12.4. The predicted molar refractivity (Wildman–Crippen MR) is 68.7 cm³/mol. The molecule has 0 spiro atoms. The van der Waals surface area contributed by atoms with E-state index in [1.807, 2.05) is 0 Å². The average molecular weight is 303 g/mol. The summed E-state index contributed by atoms with van der Waals surface area (Å²) in [5.74, 6) is 0.252. The predicted octanol–water partition coefficient (Wildman–Crippen LogP) is 0.410. The molecular formula is C11H17N3O5S. The molecule has 0 aromatic carbocycles. The minimum Gasteiger partial charge on any atom is -0.444 e. The first-order valence-corrected chi connectivity index (χ1v) is 7.64. The molecule has 9 heteroatoms. The van der Waals surface area contributed by atoms with Crippen molar-refractivity contribution in [2.45, 2.75) is 31.3 Å². The zero-order chi connectivity index (χ0) is 14.9. The highest BCUT2D eigenvalue weighted by Gasteiger charge is 2.29. The molecule has 8 nitrogen and oxygen atoms in total. The molecule has 1 aliphatic heterocycles. The van der Waals surface area contributed by atoms with E-state index in [-0.39, 0.29) is 29.4 Å². The second kappa shape index (κ2) is 5.41. The van der Waals surface area contributed by atoms with Crippen molar-refractivity contribution in [3.63, 3.8) is 0 Å². The zero-order valence-electron chi connectivity index (χ0n) is 11.5. The van der Waals surface area contributed by atoms with Crippen LogP contribution in [0.25, 0.3) is 0 Å². The fourth-order valence-electron chi connectivity index (χ4n) is 2.08. The molecule has 1 amide bonds. The molecule has 1 fully saturated rings. The smallest absolute Gasteiger partial charge is 0.409 e. The fraction of sp³-hybridized carbons (Fsp3) is 0.636. The molecule has 1 unspecified atom stereocenters. The molecule has 1 saturated heterocycles. The first-order chi connectivity index (χ1) is 9.31. The second-order valence-corrected chi connectivity index (χ2v) is 6.43. The van der Waals surface area contributed by atoms with E-state index in [0.29, 0.717) is 18.7 Å². The molecule has 2 rings (SSSR count). The van der Waals surface area contributed by atoms with Gasteiger partial charge in [0.2, 0.25) is 10.0 Å². The van der Waals surface area contributed by atoms with Gasteiger partial charge in [-0.2, -0.15) is 0 Å². The number of likely N-dealkylation sites (N-methyl/N-ethyl adjacent to an activating group) is 1. The quantitative estimate of drug-likeness (QED) is 0.845. The van der Waals surface area contributed by atoms with Gasteiger partial charge in [0.15, 0.2) is 5.76 Å². The van der Waals surface area contributed by atoms with E-state index in [1.54, 1.807) is 20.9 Å². The lowest BCUT2D eigenvalue weighted by molar-refractivity contribution is 0.131. The van der Waals surface area contributed by atoms with Gasteiger partial charge in [0.25, 0.3) is 0 Å². The van der Waals surface area contributed by atoms with Gasteiger partial charge in [0.1, 0.15) is 16.7 Å². The van der Waals surface area contributed by atoms with E-state index in [4.69, 9.17) is 9.26 Å². The van der Waals surface area contributed by atoms with Crippen LogP contribution in [0.2, 0.25) is 0 Å². The molecule has 20 heavy (non-hydrogen) atoms. The van der Waals surface area contributed by atoms with E-state index in [2.05, 4.69) is 9.88 Å². The number of aryl methyl sites for hydroxylation is 2. The molecule has 0 bridgehead atoms. The Kier molecular flexibility index (Phi) is 4.00. The minimum atomic E-state index is -3.66. The Morgan fingerprint density at radius 3 is 2.65 bits per heavy atom. The topological polar surface area (TPSA) is 102 Å². The Morgan fingerprint density at radius 1 is 1.45 bits per heavy atom. The molecular weight excluding hydrogens is 286 g/mol. The molecule has 1 N–H and O–H groups in total. The number of nitrogens with one attached hydrogen (secondary N) is 1. The maximum absolute atomic E-state index is 12.1. The first-order valence-electron chi connectivity index (χ1n) is 6.15. The van der Waals surface area contributed by atoms with Crippen molar-refractivity contribution >= 4 is 16.1 Å². The number of hydrogen-bond acceptors (Lipinski definition) is 6. The van der Waals surface area contributed by atoms with Crippen molar-refractivity contribution in [1.82, 2.24) is 14.8 Å². The van der Waals surface area contributed by atoms with Crippen molar-refractivity contribution in [3.8, 4) is 0 Å². The van der Waals surface area contributed by atoms with Crippen LogP contribution in [0, 0.1) is 13.8 Å². The lowest BCUT2D eigenvalue weighted by atomic mass is 10.2. The maximum Gasteiger partial charge on any atom is 0.409 e. The lowest BCUT2D eigenvalue weighted by Gasteiger charge is -2.09. The van der Waals surface area contributed by atoms with Gasteiger partial charge in [-0.05, 0) is 20.3 Å². The number of ether oxygens (including phenoxy) is 1. The summed E-state index contributed by atoms with van der Waals surface area (Å²) in [6.07, 6.45) is -0.262. The number of nitrogens with zero attached hydrogens (tertiary/aromatic N) is 2. The summed E-state index contributed by atoms with van der Waals surface area (Å²) in [5.41, 5.74) is 0.321. The van der Waals surface area contributed by atoms with Crippen LogP contribution in [-0.4, -0.2) is 50.8 Å². The summed E-state index contributed by atoms with van der Waals surface area (Å²) in [5, 5.41) is 3.62. The number of aromatic nitrogens is 1. The highest BCUT2D eigenvalue weighted by atomic mass is 32.2. The number of sulfonamides is 1. The summed E-state index contributed by atoms with van der Waals surface area (Å²) in [6.45, 7) is 3.76. The van der Waals surface area contributed by atoms with Crippen molar-refractivity contribution in [1.29, 1.82) is 0 Å². The number of carbonyl (C=O) groups is 1. The summed E-state index contributed by atoms with van der Waals surface area (Å²) in [4.78, 5) is 12.7. The molecule has 1 aromatic rings. The normalized spacial score (nSPS) is 19.4. The van der Waals surface area contributed by atoms with Crippen molar-refractivity contribution in [2.24, 2.45) is 0 Å². The molecule has 1 aliphatic rings. The maximum atomic E-state index is 12.1. The van der Waals surface area contributed by atoms with E-state index < -0.39 is 10.0 Å². The van der Waals surface area contributed by atoms with E-state index in [9.17, 15) is 13.2 Å². The van der Waals surface area contributed by atoms with Gasteiger partial charge in [-0.15, -0.1) is 0 Å². The highest BCUT2D eigenvalue weighted by Crippen LogP contribution is 2.18. The molecule has 112 valence electrons. The number of rotatable bonds is 5. The van der Waals surface area contributed by atoms with Crippen molar-refractivity contribution in [3.05, 3.63) is 11.5 Å². The lowest BCUT2D eigenvalue weighted by Crippen LogP contribution is -2.29. The monoisotopic (exact) mass is 303 g/mol. The van der Waals surface area contributed by atoms with Gasteiger partial charge in [-0.1, -0.05) is 5.16 Å². The second-order valence-electron chi connectivity index (χ2n) is 4.73. The van der Waals surface area contributed by atoms with Gasteiger partial charge in [-0.25, -0.2) is 17.9 Å². The number of cyclic esters (lactones) is 1. The minimum absolute atomic E-state index is 0.0676. The average Bonchev–Trinajstić information content (AvgIpc) is 2.83. The fourth-order valence-corrected chi connectivity index (χ4v) is 3.46. The highest BCUT2D eigenvalue weighted by molar-refractivity contribution is 7.89. The van der Waals surface area contributed by atoms with Gasteiger partial charge < -0.3 is 14.2 Å². The summed E-state index contributed by atoms with van der Waals surface area (Å²) in [6, 6.07) is 0. The van der Waals surface area contributed by atoms with E-state index in [1.165, 1.54) is 4.90 Å². The van der Waals surface area contributed by atoms with E-state index >= 15 is 0 Å². The van der Waals surface area contributed by atoms with Gasteiger partial charge in [0.05, 0.1) is 6.54 Å². The van der Waals surface area contributed by atoms with Crippen LogP contribution in [0.4, 0.5) is 4.79 Å². The number of hydrogen-bond donors (Lipinski definition) is 1. The molecule has 1 aromatic heterocycles.